The fourth-order valence-corrected chi connectivity index (χ4v) is 3.63. The molecule has 28 heavy (non-hydrogen) atoms. The van der Waals surface area contributed by atoms with E-state index in [-0.39, 0.29) is 29.5 Å². The van der Waals surface area contributed by atoms with Crippen LogP contribution in [-0.2, 0) is 4.74 Å². The zero-order valence-corrected chi connectivity index (χ0v) is 16.0. The second-order valence-electron chi connectivity index (χ2n) is 7.08. The first-order valence-corrected chi connectivity index (χ1v) is 8.87. The predicted octanol–water partition coefficient (Wildman–Crippen LogP) is -7.35. The van der Waals surface area contributed by atoms with Crippen LogP contribution in [0.4, 0.5) is 11.9 Å². The van der Waals surface area contributed by atoms with Crippen molar-refractivity contribution in [2.45, 2.75) is 24.5 Å². The van der Waals surface area contributed by atoms with E-state index in [1.54, 1.807) is 0 Å². The number of halogens is 1. The molecule has 2 aromatic heterocycles. The second-order valence-corrected chi connectivity index (χ2v) is 7.08. The SMILES string of the molecule is C[NH+]1CCN(c2nc3c(=O)[nH]c(N)nc3n2[C@@H]2O[C@@H](CO)[C@H](O)[C@@H]2O)CC1.[Cl-]. The molecule has 0 saturated carbocycles. The van der Waals surface area contributed by atoms with E-state index in [1.165, 1.54) is 9.47 Å². The minimum absolute atomic E-state index is 0. The first-order chi connectivity index (χ1) is 12.9. The molecule has 0 unspecified atom stereocenters. The van der Waals surface area contributed by atoms with E-state index in [1.807, 2.05) is 4.90 Å². The van der Waals surface area contributed by atoms with Gasteiger partial charge in [-0.3, -0.25) is 14.3 Å². The van der Waals surface area contributed by atoms with Crippen LogP contribution in [0.25, 0.3) is 11.2 Å². The van der Waals surface area contributed by atoms with Gasteiger partial charge in [-0.15, -0.1) is 0 Å². The number of rotatable bonds is 3. The summed E-state index contributed by atoms with van der Waals surface area (Å²) in [5.41, 5.74) is 5.43. The second kappa shape index (κ2) is 7.81. The number of quaternary nitrogens is 1. The number of hydrogen-bond donors (Lipinski definition) is 6. The molecule has 0 bridgehead atoms. The molecule has 4 rings (SSSR count). The van der Waals surface area contributed by atoms with E-state index in [4.69, 9.17) is 10.5 Å². The number of H-pyrrole nitrogens is 1. The van der Waals surface area contributed by atoms with Gasteiger partial charge in [0.25, 0.3) is 5.56 Å². The number of anilines is 2. The molecule has 2 fully saturated rings. The summed E-state index contributed by atoms with van der Waals surface area (Å²) in [7, 11) is 2.10. The average Bonchev–Trinajstić information content (AvgIpc) is 3.14. The molecule has 4 atom stereocenters. The third kappa shape index (κ3) is 3.32. The lowest BCUT2D eigenvalue weighted by molar-refractivity contribution is -0.880. The van der Waals surface area contributed by atoms with Crippen LogP contribution in [0.1, 0.15) is 6.23 Å². The number of ether oxygens (including phenoxy) is 1. The lowest BCUT2D eigenvalue weighted by Gasteiger charge is -2.32. The minimum atomic E-state index is -1.32. The average molecular weight is 418 g/mol. The van der Waals surface area contributed by atoms with Gasteiger partial charge < -0.3 is 48.0 Å². The number of aromatic nitrogens is 4. The van der Waals surface area contributed by atoms with Crippen molar-refractivity contribution < 1.29 is 37.4 Å². The minimum Gasteiger partial charge on any atom is -1.00 e. The summed E-state index contributed by atoms with van der Waals surface area (Å²) in [4.78, 5) is 26.7. The van der Waals surface area contributed by atoms with Gasteiger partial charge in [-0.2, -0.15) is 4.98 Å². The highest BCUT2D eigenvalue weighted by Crippen LogP contribution is 2.35. The van der Waals surface area contributed by atoms with Gasteiger partial charge in [0.15, 0.2) is 17.4 Å². The smallest absolute Gasteiger partial charge is 0.280 e. The molecule has 2 saturated heterocycles. The van der Waals surface area contributed by atoms with Crippen LogP contribution < -0.4 is 33.5 Å². The lowest BCUT2D eigenvalue weighted by atomic mass is 10.1. The Morgan fingerprint density at radius 3 is 2.57 bits per heavy atom. The number of aromatic amines is 1. The molecule has 7 N–H and O–H groups in total. The van der Waals surface area contributed by atoms with Gasteiger partial charge in [0.2, 0.25) is 11.9 Å². The fraction of sp³-hybridized carbons (Fsp3) is 0.667. The number of aliphatic hydroxyl groups is 3. The van der Waals surface area contributed by atoms with Crippen LogP contribution in [0.15, 0.2) is 4.79 Å². The van der Waals surface area contributed by atoms with Crippen molar-refractivity contribution in [2.24, 2.45) is 0 Å². The Bertz CT molecular complexity index is 897. The molecule has 12 nitrogen and oxygen atoms in total. The highest BCUT2D eigenvalue weighted by molar-refractivity contribution is 5.75. The van der Waals surface area contributed by atoms with Gasteiger partial charge in [0, 0.05) is 0 Å². The molecule has 4 heterocycles. The zero-order valence-electron chi connectivity index (χ0n) is 15.2. The van der Waals surface area contributed by atoms with Crippen molar-refractivity contribution in [2.75, 3.05) is 50.5 Å². The van der Waals surface area contributed by atoms with E-state index in [2.05, 4.69) is 22.0 Å². The monoisotopic (exact) mass is 417 g/mol. The quantitative estimate of drug-likeness (QED) is 0.284. The van der Waals surface area contributed by atoms with Crippen LogP contribution in [0.3, 0.4) is 0 Å². The Morgan fingerprint density at radius 1 is 1.29 bits per heavy atom. The Morgan fingerprint density at radius 2 is 1.96 bits per heavy atom. The standard InChI is InChI=1S/C15H23N7O5.ClH/c1-20-2-4-21(5-3-20)15-17-8-11(18-14(16)19-12(8)26)22(15)13-10(25)9(24)7(6-23)27-13;/h7,9-10,13,23-25H,2-6H2,1H3,(H3,16,18,19,26);1H/t7-,9-,10-,13+;/m0./s1. The predicted molar refractivity (Wildman–Crippen MR) is 94.4 cm³/mol. The summed E-state index contributed by atoms with van der Waals surface area (Å²) in [5.74, 6) is 0.325. The molecule has 2 aromatic rings. The highest BCUT2D eigenvalue weighted by Gasteiger charge is 2.45. The Kier molecular flexibility index (Phi) is 5.79. The number of nitrogens with zero attached hydrogens (tertiary/aromatic N) is 4. The van der Waals surface area contributed by atoms with E-state index >= 15 is 0 Å². The summed E-state index contributed by atoms with van der Waals surface area (Å²) in [6.45, 7) is 2.69. The number of nitrogens with two attached hydrogens (primary N) is 1. The topological polar surface area (TPSA) is 167 Å². The maximum Gasteiger partial charge on any atom is 0.280 e. The molecule has 0 amide bonds. The van der Waals surface area contributed by atoms with E-state index in [0.29, 0.717) is 19.0 Å². The van der Waals surface area contributed by atoms with Crippen molar-refractivity contribution in [1.82, 2.24) is 19.5 Å². The van der Waals surface area contributed by atoms with Crippen molar-refractivity contribution >= 4 is 23.1 Å². The van der Waals surface area contributed by atoms with Gasteiger partial charge in [0.05, 0.1) is 39.8 Å². The fourth-order valence-electron chi connectivity index (χ4n) is 3.63. The molecule has 156 valence electrons. The van der Waals surface area contributed by atoms with E-state index < -0.39 is 36.7 Å². The highest BCUT2D eigenvalue weighted by atomic mass is 35.5. The van der Waals surface area contributed by atoms with Crippen molar-refractivity contribution in [3.05, 3.63) is 10.4 Å². The van der Waals surface area contributed by atoms with Crippen LogP contribution in [0.5, 0.6) is 0 Å². The molecule has 2 aliphatic rings. The van der Waals surface area contributed by atoms with Crippen molar-refractivity contribution in [1.29, 1.82) is 0 Å². The zero-order chi connectivity index (χ0) is 19.3. The van der Waals surface area contributed by atoms with Gasteiger partial charge in [0.1, 0.15) is 18.3 Å². The van der Waals surface area contributed by atoms with E-state index in [0.717, 1.165) is 13.1 Å². The molecule has 0 aliphatic carbocycles. The molecule has 13 heteroatoms. The summed E-state index contributed by atoms with van der Waals surface area (Å²) in [5, 5.41) is 30.0. The first kappa shape index (κ1) is 20.8. The van der Waals surface area contributed by atoms with Gasteiger partial charge in [-0.1, -0.05) is 0 Å². The molecule has 0 aromatic carbocycles. The third-order valence-electron chi connectivity index (χ3n) is 5.22. The number of likely N-dealkylation sites (N-methyl/N-ethyl adjacent to an activating group) is 1. The number of nitrogens with one attached hydrogen (secondary N) is 2. The number of nitrogen functional groups attached to an aromatic ring is 1. The number of aliphatic hydroxyl groups excluding tert-OH is 3. The van der Waals surface area contributed by atoms with Crippen LogP contribution in [0, 0.1) is 0 Å². The summed E-state index contributed by atoms with van der Waals surface area (Å²) >= 11 is 0. The maximum atomic E-state index is 12.3. The molecular formula is C15H24ClN7O5. The summed E-state index contributed by atoms with van der Waals surface area (Å²) < 4.78 is 7.16. The first-order valence-electron chi connectivity index (χ1n) is 8.87. The van der Waals surface area contributed by atoms with Crippen LogP contribution in [-0.4, -0.2) is 93.0 Å². The molecule has 0 radical (unpaired) electrons. The Hall–Kier alpha value is -1.96. The maximum absolute atomic E-state index is 12.3. The molecule has 0 spiro atoms. The number of piperazine rings is 1. The number of fused-ring (bicyclic) bond motifs is 1. The largest absolute Gasteiger partial charge is 1.00 e. The number of imidazole rings is 1. The van der Waals surface area contributed by atoms with Gasteiger partial charge in [-0.25, -0.2) is 4.98 Å². The van der Waals surface area contributed by atoms with Crippen LogP contribution >= 0.6 is 0 Å². The van der Waals surface area contributed by atoms with Crippen molar-refractivity contribution in [3.63, 3.8) is 0 Å². The molecule has 2 aliphatic heterocycles. The van der Waals surface area contributed by atoms with Crippen molar-refractivity contribution in [3.8, 4) is 0 Å². The summed E-state index contributed by atoms with van der Waals surface area (Å²) in [6.07, 6.45) is -4.61. The number of hydrogen-bond acceptors (Lipinski definition) is 9. The normalized spacial score (nSPS) is 28.6. The summed E-state index contributed by atoms with van der Waals surface area (Å²) in [6, 6.07) is 0. The third-order valence-corrected chi connectivity index (χ3v) is 5.22. The van der Waals surface area contributed by atoms with Crippen LogP contribution in [0.2, 0.25) is 0 Å². The molecular weight excluding hydrogens is 394 g/mol. The lowest BCUT2D eigenvalue weighted by Crippen LogP contribution is -3.12. The van der Waals surface area contributed by atoms with Gasteiger partial charge >= 0.3 is 0 Å². The Balaban J connectivity index is 0.00000225. The van der Waals surface area contributed by atoms with Gasteiger partial charge in [-0.05, 0) is 0 Å². The van der Waals surface area contributed by atoms with E-state index in [9.17, 15) is 20.1 Å². The Labute approximate surface area is 165 Å².